The predicted octanol–water partition coefficient (Wildman–Crippen LogP) is 2.89. The molecule has 27 heavy (non-hydrogen) atoms. The largest absolute Gasteiger partial charge is 0.484 e. The van der Waals surface area contributed by atoms with Crippen LogP contribution in [0.4, 0.5) is 0 Å². The molecule has 0 aromatic heterocycles. The minimum Gasteiger partial charge on any atom is -0.484 e. The second-order valence-electron chi connectivity index (χ2n) is 6.78. The summed E-state index contributed by atoms with van der Waals surface area (Å²) in [5.41, 5.74) is 3.39. The quantitative estimate of drug-likeness (QED) is 0.821. The highest BCUT2D eigenvalue weighted by atomic mass is 16.5. The highest BCUT2D eigenvalue weighted by Gasteiger charge is 2.22. The minimum atomic E-state index is -0.129. The number of ether oxygens (including phenoxy) is 1. The number of hydrogen-bond acceptors (Lipinski definition) is 4. The van der Waals surface area contributed by atoms with Crippen molar-refractivity contribution in [2.75, 3.05) is 19.7 Å². The number of nitrogens with zero attached hydrogens (tertiary/aromatic N) is 2. The van der Waals surface area contributed by atoms with Gasteiger partial charge in [-0.2, -0.15) is 5.26 Å². The molecular weight excluding hydrogens is 338 g/mol. The smallest absolute Gasteiger partial charge is 0.257 e. The number of fused-ring (bicyclic) bond motifs is 1. The number of carbonyl (C=O) groups excluding carboxylic acids is 1. The Morgan fingerprint density at radius 1 is 1.22 bits per heavy atom. The van der Waals surface area contributed by atoms with E-state index < -0.39 is 0 Å². The number of nitrogens with one attached hydrogen (secondary N) is 1. The van der Waals surface area contributed by atoms with Crippen molar-refractivity contribution in [1.29, 1.82) is 5.26 Å². The first-order valence-corrected chi connectivity index (χ1v) is 9.40. The van der Waals surface area contributed by atoms with Gasteiger partial charge in [0, 0.05) is 25.7 Å². The van der Waals surface area contributed by atoms with Crippen LogP contribution in [0.1, 0.15) is 30.0 Å². The molecule has 1 amide bonds. The molecular formula is C22H25N3O2. The zero-order chi connectivity index (χ0) is 19.1. The van der Waals surface area contributed by atoms with Crippen molar-refractivity contribution in [3.8, 4) is 11.8 Å². The molecule has 0 aliphatic carbocycles. The van der Waals surface area contributed by atoms with Crippen LogP contribution in [0, 0.1) is 11.3 Å². The van der Waals surface area contributed by atoms with Crippen LogP contribution in [0.2, 0.25) is 0 Å². The summed E-state index contributed by atoms with van der Waals surface area (Å²) in [7, 11) is 0. The first-order chi connectivity index (χ1) is 13.2. The van der Waals surface area contributed by atoms with Crippen molar-refractivity contribution in [1.82, 2.24) is 10.2 Å². The molecule has 1 atom stereocenters. The van der Waals surface area contributed by atoms with Gasteiger partial charge in [0.1, 0.15) is 5.75 Å². The molecule has 5 nitrogen and oxygen atoms in total. The third-order valence-electron chi connectivity index (χ3n) is 5.04. The molecule has 1 unspecified atom stereocenters. The lowest BCUT2D eigenvalue weighted by molar-refractivity contribution is -0.123. The summed E-state index contributed by atoms with van der Waals surface area (Å²) in [5, 5.41) is 11.8. The Morgan fingerprint density at radius 2 is 1.96 bits per heavy atom. The molecule has 1 N–H and O–H groups in total. The van der Waals surface area contributed by atoms with Gasteiger partial charge in [-0.3, -0.25) is 9.69 Å². The van der Waals surface area contributed by atoms with Gasteiger partial charge in [0.25, 0.3) is 5.91 Å². The Kier molecular flexibility index (Phi) is 6.45. The zero-order valence-electron chi connectivity index (χ0n) is 15.6. The molecule has 0 saturated heterocycles. The molecule has 5 heteroatoms. The van der Waals surface area contributed by atoms with Crippen molar-refractivity contribution in [2.45, 2.75) is 32.4 Å². The van der Waals surface area contributed by atoms with Crippen LogP contribution >= 0.6 is 0 Å². The van der Waals surface area contributed by atoms with Crippen molar-refractivity contribution < 1.29 is 9.53 Å². The van der Waals surface area contributed by atoms with Gasteiger partial charge in [-0.15, -0.1) is 0 Å². The van der Waals surface area contributed by atoms with Crippen LogP contribution in [-0.4, -0.2) is 36.5 Å². The summed E-state index contributed by atoms with van der Waals surface area (Å²) < 4.78 is 5.49. The van der Waals surface area contributed by atoms with E-state index in [4.69, 9.17) is 10.00 Å². The van der Waals surface area contributed by atoms with Crippen molar-refractivity contribution in [2.24, 2.45) is 0 Å². The molecule has 2 aromatic rings. The number of rotatable bonds is 7. The molecule has 0 fully saturated rings. The topological polar surface area (TPSA) is 65.4 Å². The van der Waals surface area contributed by atoms with E-state index in [1.807, 2.05) is 0 Å². The average molecular weight is 363 g/mol. The maximum absolute atomic E-state index is 12.1. The van der Waals surface area contributed by atoms with Gasteiger partial charge in [0.05, 0.1) is 11.6 Å². The van der Waals surface area contributed by atoms with E-state index in [0.717, 1.165) is 25.9 Å². The average Bonchev–Trinajstić information content (AvgIpc) is 2.73. The van der Waals surface area contributed by atoms with Crippen molar-refractivity contribution >= 4 is 5.91 Å². The van der Waals surface area contributed by atoms with E-state index in [1.165, 1.54) is 11.1 Å². The van der Waals surface area contributed by atoms with Crippen LogP contribution in [0.15, 0.2) is 48.5 Å². The zero-order valence-corrected chi connectivity index (χ0v) is 15.6. The molecule has 1 aliphatic rings. The van der Waals surface area contributed by atoms with E-state index in [2.05, 4.69) is 47.5 Å². The second kappa shape index (κ2) is 9.20. The summed E-state index contributed by atoms with van der Waals surface area (Å²) in [5.74, 6) is 0.457. The third kappa shape index (κ3) is 5.08. The van der Waals surface area contributed by atoms with Gasteiger partial charge in [-0.25, -0.2) is 0 Å². The first kappa shape index (κ1) is 18.9. The lowest BCUT2D eigenvalue weighted by Gasteiger charge is -2.35. The van der Waals surface area contributed by atoms with E-state index >= 15 is 0 Å². The van der Waals surface area contributed by atoms with Crippen LogP contribution in [-0.2, 0) is 17.8 Å². The number of hydrogen-bond donors (Lipinski definition) is 1. The lowest BCUT2D eigenvalue weighted by Crippen LogP contribution is -2.46. The molecule has 2 aromatic carbocycles. The fourth-order valence-corrected chi connectivity index (χ4v) is 3.42. The fourth-order valence-electron chi connectivity index (χ4n) is 3.42. The van der Waals surface area contributed by atoms with E-state index in [-0.39, 0.29) is 12.5 Å². The predicted molar refractivity (Wildman–Crippen MR) is 104 cm³/mol. The van der Waals surface area contributed by atoms with Crippen molar-refractivity contribution in [3.05, 3.63) is 65.2 Å². The van der Waals surface area contributed by atoms with Crippen LogP contribution in [0.25, 0.3) is 0 Å². The maximum atomic E-state index is 12.1. The minimum absolute atomic E-state index is 0.0227. The fraction of sp³-hybridized carbons (Fsp3) is 0.364. The van der Waals surface area contributed by atoms with E-state index in [1.54, 1.807) is 24.3 Å². The Hall–Kier alpha value is -2.84. The molecule has 140 valence electrons. The summed E-state index contributed by atoms with van der Waals surface area (Å²) >= 11 is 0. The number of amides is 1. The molecule has 3 rings (SSSR count). The Bertz CT molecular complexity index is 811. The summed E-state index contributed by atoms with van der Waals surface area (Å²) in [6.45, 7) is 4.71. The van der Waals surface area contributed by atoms with Crippen LogP contribution in [0.5, 0.6) is 5.75 Å². The third-order valence-corrected chi connectivity index (χ3v) is 5.04. The monoisotopic (exact) mass is 363 g/mol. The standard InChI is InChI=1S/C22H25N3O2/c1-2-20(25-12-11-18-5-3-4-6-19(18)15-25)14-24-22(26)16-27-21-9-7-17(13-23)8-10-21/h3-10,20H,2,11-12,14-16H2,1H3,(H,24,26). The molecule has 1 heterocycles. The van der Waals surface area contributed by atoms with Crippen LogP contribution < -0.4 is 10.1 Å². The van der Waals surface area contributed by atoms with Gasteiger partial charge in [-0.05, 0) is 48.2 Å². The van der Waals surface area contributed by atoms with Gasteiger partial charge in [0.15, 0.2) is 6.61 Å². The molecule has 0 radical (unpaired) electrons. The summed E-state index contributed by atoms with van der Waals surface area (Å²) in [6, 6.07) is 17.7. The molecule has 0 bridgehead atoms. The number of carbonyl (C=O) groups is 1. The normalized spacial score (nSPS) is 14.7. The Balaban J connectivity index is 1.46. The van der Waals surface area contributed by atoms with E-state index in [9.17, 15) is 4.79 Å². The van der Waals surface area contributed by atoms with Crippen molar-refractivity contribution in [3.63, 3.8) is 0 Å². The molecule has 1 aliphatic heterocycles. The van der Waals surface area contributed by atoms with Crippen LogP contribution in [0.3, 0.4) is 0 Å². The SMILES string of the molecule is CCC(CNC(=O)COc1ccc(C#N)cc1)N1CCc2ccccc2C1. The Morgan fingerprint density at radius 3 is 2.67 bits per heavy atom. The Labute approximate surface area is 160 Å². The summed E-state index contributed by atoms with van der Waals surface area (Å²) in [6.07, 6.45) is 2.04. The first-order valence-electron chi connectivity index (χ1n) is 9.40. The van der Waals surface area contributed by atoms with Gasteiger partial charge in [-0.1, -0.05) is 31.2 Å². The highest BCUT2D eigenvalue weighted by Crippen LogP contribution is 2.21. The maximum Gasteiger partial charge on any atom is 0.257 e. The summed E-state index contributed by atoms with van der Waals surface area (Å²) in [4.78, 5) is 14.6. The molecule has 0 spiro atoms. The van der Waals surface area contributed by atoms with Gasteiger partial charge in [0.2, 0.25) is 0 Å². The second-order valence-corrected chi connectivity index (χ2v) is 6.78. The highest BCUT2D eigenvalue weighted by molar-refractivity contribution is 5.77. The number of benzene rings is 2. The van der Waals surface area contributed by atoms with Gasteiger partial charge >= 0.3 is 0 Å². The number of nitriles is 1. The lowest BCUT2D eigenvalue weighted by atomic mass is 9.98. The van der Waals surface area contributed by atoms with Gasteiger partial charge < -0.3 is 10.1 Å². The molecule has 0 saturated carbocycles. The van der Waals surface area contributed by atoms with E-state index in [0.29, 0.717) is 23.9 Å².